The van der Waals surface area contributed by atoms with Crippen LogP contribution in [-0.2, 0) is 13.2 Å². The number of benzene rings is 1. The van der Waals surface area contributed by atoms with Crippen LogP contribution >= 0.6 is 15.9 Å². The quantitative estimate of drug-likeness (QED) is 0.846. The molecule has 0 atom stereocenters. The first-order valence-corrected chi connectivity index (χ1v) is 7.54. The van der Waals surface area contributed by atoms with Crippen molar-refractivity contribution in [2.24, 2.45) is 0 Å². The van der Waals surface area contributed by atoms with E-state index in [1.54, 1.807) is 0 Å². The second kappa shape index (κ2) is 6.95. The van der Waals surface area contributed by atoms with Gasteiger partial charge in [-0.3, -0.25) is 0 Å². The van der Waals surface area contributed by atoms with E-state index < -0.39 is 0 Å². The minimum atomic E-state index is 0.446. The highest BCUT2D eigenvalue weighted by molar-refractivity contribution is 9.10. The van der Waals surface area contributed by atoms with E-state index in [2.05, 4.69) is 41.2 Å². The van der Waals surface area contributed by atoms with E-state index in [1.807, 2.05) is 31.2 Å². The third-order valence-electron chi connectivity index (χ3n) is 2.95. The fourth-order valence-electron chi connectivity index (χ4n) is 1.84. The van der Waals surface area contributed by atoms with Gasteiger partial charge in [-0.2, -0.15) is 0 Å². The molecule has 0 aliphatic heterocycles. The maximum absolute atomic E-state index is 5.78. The summed E-state index contributed by atoms with van der Waals surface area (Å²) in [6, 6.07) is 10.3. The fraction of sp³-hybridized carbons (Fsp3) is 0.375. The van der Waals surface area contributed by atoms with Crippen molar-refractivity contribution >= 4 is 15.9 Å². The summed E-state index contributed by atoms with van der Waals surface area (Å²) >= 11 is 3.43. The van der Waals surface area contributed by atoms with E-state index in [4.69, 9.17) is 9.15 Å². The Bertz CT molecular complexity index is 563. The first-order chi connectivity index (χ1) is 9.54. The monoisotopic (exact) mass is 337 g/mol. The van der Waals surface area contributed by atoms with E-state index in [0.29, 0.717) is 12.6 Å². The highest BCUT2D eigenvalue weighted by Crippen LogP contribution is 2.21. The van der Waals surface area contributed by atoms with Crippen molar-refractivity contribution in [1.82, 2.24) is 5.32 Å². The van der Waals surface area contributed by atoms with Crippen LogP contribution in [0.25, 0.3) is 0 Å². The van der Waals surface area contributed by atoms with Crippen molar-refractivity contribution in [3.8, 4) is 5.75 Å². The molecule has 1 aromatic heterocycles. The van der Waals surface area contributed by atoms with Crippen molar-refractivity contribution in [1.29, 1.82) is 0 Å². The molecule has 1 heterocycles. The van der Waals surface area contributed by atoms with Crippen molar-refractivity contribution in [3.05, 3.63) is 51.9 Å². The molecule has 2 aromatic rings. The molecule has 0 spiro atoms. The van der Waals surface area contributed by atoms with Crippen molar-refractivity contribution in [2.45, 2.75) is 40.0 Å². The summed E-state index contributed by atoms with van der Waals surface area (Å²) < 4.78 is 12.5. The Labute approximate surface area is 128 Å². The lowest BCUT2D eigenvalue weighted by Gasteiger charge is -2.05. The summed E-state index contributed by atoms with van der Waals surface area (Å²) in [6.07, 6.45) is 0. The molecule has 3 nitrogen and oxygen atoms in total. The Morgan fingerprint density at radius 2 is 2.10 bits per heavy atom. The molecule has 108 valence electrons. The van der Waals surface area contributed by atoms with Crippen molar-refractivity contribution in [2.75, 3.05) is 0 Å². The fourth-order valence-corrected chi connectivity index (χ4v) is 2.22. The molecule has 20 heavy (non-hydrogen) atoms. The number of nitrogens with one attached hydrogen (secondary N) is 1. The number of ether oxygens (including phenoxy) is 1. The van der Waals surface area contributed by atoms with Gasteiger partial charge in [-0.15, -0.1) is 0 Å². The Hall–Kier alpha value is -1.26. The molecule has 0 amide bonds. The van der Waals surface area contributed by atoms with Crippen molar-refractivity contribution in [3.63, 3.8) is 0 Å². The Morgan fingerprint density at radius 3 is 2.80 bits per heavy atom. The molecular formula is C16H20BrNO2. The summed E-state index contributed by atoms with van der Waals surface area (Å²) in [5.74, 6) is 2.71. The molecule has 1 aromatic carbocycles. The lowest BCUT2D eigenvalue weighted by Crippen LogP contribution is -2.21. The topological polar surface area (TPSA) is 34.4 Å². The van der Waals surface area contributed by atoms with Gasteiger partial charge in [-0.05, 0) is 31.2 Å². The molecule has 0 aliphatic rings. The summed E-state index contributed by atoms with van der Waals surface area (Å²) in [5, 5.41) is 3.34. The second-order valence-corrected chi connectivity index (χ2v) is 5.99. The van der Waals surface area contributed by atoms with E-state index in [0.717, 1.165) is 33.9 Å². The lowest BCUT2D eigenvalue weighted by atomic mass is 10.2. The average molecular weight is 338 g/mol. The van der Waals surface area contributed by atoms with Gasteiger partial charge >= 0.3 is 0 Å². The molecular weight excluding hydrogens is 318 g/mol. The number of hydrogen-bond donors (Lipinski definition) is 1. The highest BCUT2D eigenvalue weighted by Gasteiger charge is 2.08. The van der Waals surface area contributed by atoms with E-state index in [-0.39, 0.29) is 0 Å². The summed E-state index contributed by atoms with van der Waals surface area (Å²) in [5.41, 5.74) is 1.09. The van der Waals surface area contributed by atoms with Gasteiger partial charge in [-0.1, -0.05) is 35.8 Å². The first-order valence-electron chi connectivity index (χ1n) is 6.74. The molecule has 4 heteroatoms. The standard InChI is InChI=1S/C16H20BrNO2/c1-11(2)18-9-16-7-13(12(3)20-16)10-19-15-6-4-5-14(17)8-15/h4-8,11,18H,9-10H2,1-3H3. The smallest absolute Gasteiger partial charge is 0.120 e. The third kappa shape index (κ3) is 4.39. The SMILES string of the molecule is Cc1oc(CNC(C)C)cc1COc1cccc(Br)c1. The summed E-state index contributed by atoms with van der Waals surface area (Å²) in [6.45, 7) is 7.47. The maximum Gasteiger partial charge on any atom is 0.120 e. The van der Waals surface area contributed by atoms with Crippen LogP contribution in [0, 0.1) is 6.92 Å². The number of rotatable bonds is 6. The zero-order chi connectivity index (χ0) is 14.5. The Morgan fingerprint density at radius 1 is 1.30 bits per heavy atom. The highest BCUT2D eigenvalue weighted by atomic mass is 79.9. The second-order valence-electron chi connectivity index (χ2n) is 5.08. The van der Waals surface area contributed by atoms with Crippen LogP contribution in [0.3, 0.4) is 0 Å². The molecule has 1 N–H and O–H groups in total. The van der Waals surface area contributed by atoms with E-state index >= 15 is 0 Å². The number of halogens is 1. The van der Waals surface area contributed by atoms with Crippen LogP contribution in [0.1, 0.15) is 30.9 Å². The van der Waals surface area contributed by atoms with Crippen LogP contribution in [-0.4, -0.2) is 6.04 Å². The van der Waals surface area contributed by atoms with Gasteiger partial charge in [0.1, 0.15) is 23.9 Å². The Balaban J connectivity index is 1.96. The lowest BCUT2D eigenvalue weighted by molar-refractivity contribution is 0.302. The molecule has 0 saturated carbocycles. The summed E-state index contributed by atoms with van der Waals surface area (Å²) in [4.78, 5) is 0. The molecule has 0 aliphatic carbocycles. The molecule has 2 rings (SSSR count). The zero-order valence-electron chi connectivity index (χ0n) is 12.1. The summed E-state index contributed by atoms with van der Waals surface area (Å²) in [7, 11) is 0. The third-order valence-corrected chi connectivity index (χ3v) is 3.44. The van der Waals surface area contributed by atoms with E-state index in [9.17, 15) is 0 Å². The molecule has 0 radical (unpaired) electrons. The van der Waals surface area contributed by atoms with E-state index in [1.165, 1.54) is 0 Å². The van der Waals surface area contributed by atoms with Gasteiger partial charge in [-0.25, -0.2) is 0 Å². The first kappa shape index (κ1) is 15.1. The van der Waals surface area contributed by atoms with Gasteiger partial charge in [0.25, 0.3) is 0 Å². The van der Waals surface area contributed by atoms with Gasteiger partial charge in [0.2, 0.25) is 0 Å². The van der Waals surface area contributed by atoms with Crippen molar-refractivity contribution < 1.29 is 9.15 Å². The predicted molar refractivity (Wildman–Crippen MR) is 83.9 cm³/mol. The maximum atomic E-state index is 5.78. The normalized spacial score (nSPS) is 11.1. The molecule has 0 unspecified atom stereocenters. The number of aryl methyl sites for hydroxylation is 1. The van der Waals surface area contributed by atoms with Gasteiger partial charge in [0.05, 0.1) is 6.54 Å². The predicted octanol–water partition coefficient (Wildman–Crippen LogP) is 4.43. The zero-order valence-corrected chi connectivity index (χ0v) is 13.7. The van der Waals surface area contributed by atoms with Gasteiger partial charge in [0, 0.05) is 16.1 Å². The number of hydrogen-bond acceptors (Lipinski definition) is 3. The molecule has 0 bridgehead atoms. The van der Waals surface area contributed by atoms with Gasteiger partial charge in [0.15, 0.2) is 0 Å². The van der Waals surface area contributed by atoms with Crippen LogP contribution in [0.4, 0.5) is 0 Å². The van der Waals surface area contributed by atoms with Crippen LogP contribution in [0.15, 0.2) is 39.2 Å². The Kier molecular flexibility index (Phi) is 5.26. The minimum Gasteiger partial charge on any atom is -0.489 e. The van der Waals surface area contributed by atoms with Crippen LogP contribution in [0.2, 0.25) is 0 Å². The largest absolute Gasteiger partial charge is 0.489 e. The van der Waals surface area contributed by atoms with Crippen LogP contribution in [0.5, 0.6) is 5.75 Å². The van der Waals surface area contributed by atoms with Gasteiger partial charge < -0.3 is 14.5 Å². The minimum absolute atomic E-state index is 0.446. The molecule has 0 fully saturated rings. The molecule has 0 saturated heterocycles. The van der Waals surface area contributed by atoms with Crippen LogP contribution < -0.4 is 10.1 Å². The number of furan rings is 1. The average Bonchev–Trinajstić information content (AvgIpc) is 2.75.